The number of carbonyl (C=O) groups is 1. The highest BCUT2D eigenvalue weighted by Crippen LogP contribution is 2.32. The zero-order chi connectivity index (χ0) is 21.4. The number of amides is 1. The predicted molar refractivity (Wildman–Crippen MR) is 130 cm³/mol. The number of thiazole rings is 1. The minimum Gasteiger partial charge on any atom is -0.368 e. The Kier molecular flexibility index (Phi) is 5.76. The number of piperidine rings is 1. The van der Waals surface area contributed by atoms with Crippen LogP contribution >= 0.6 is 22.9 Å². The lowest BCUT2D eigenvalue weighted by molar-refractivity contribution is -0.136. The predicted octanol–water partition coefficient (Wildman–Crippen LogP) is 4.82. The zero-order valence-electron chi connectivity index (χ0n) is 17.8. The van der Waals surface area contributed by atoms with E-state index in [9.17, 15) is 4.79 Å². The molecule has 0 N–H and O–H groups in total. The summed E-state index contributed by atoms with van der Waals surface area (Å²) < 4.78 is 1.24. The number of fused-ring (bicyclic) bond motifs is 1. The molecule has 7 heteroatoms. The van der Waals surface area contributed by atoms with E-state index in [4.69, 9.17) is 16.6 Å². The Morgan fingerprint density at radius 1 is 0.968 bits per heavy atom. The van der Waals surface area contributed by atoms with Gasteiger partial charge in [-0.1, -0.05) is 29.0 Å². The lowest BCUT2D eigenvalue weighted by Crippen LogP contribution is -2.51. The van der Waals surface area contributed by atoms with E-state index in [1.165, 1.54) is 16.0 Å². The summed E-state index contributed by atoms with van der Waals surface area (Å²) in [5, 5.41) is 1.84. The van der Waals surface area contributed by atoms with Crippen molar-refractivity contribution >= 4 is 49.9 Å². The third kappa shape index (κ3) is 4.37. The van der Waals surface area contributed by atoms with E-state index in [0.717, 1.165) is 67.8 Å². The van der Waals surface area contributed by atoms with E-state index in [1.807, 2.05) is 12.1 Å². The van der Waals surface area contributed by atoms with Gasteiger partial charge in [-0.05, 0) is 61.7 Å². The number of nitrogens with zero attached hydrogens (tertiary/aromatic N) is 4. The topological polar surface area (TPSA) is 39.7 Å². The Labute approximate surface area is 192 Å². The van der Waals surface area contributed by atoms with Gasteiger partial charge in [0.05, 0.1) is 10.2 Å². The summed E-state index contributed by atoms with van der Waals surface area (Å²) in [5.74, 6) is 0.463. The minimum atomic E-state index is 0.134. The molecule has 2 aliphatic rings. The van der Waals surface area contributed by atoms with Gasteiger partial charge in [-0.2, -0.15) is 0 Å². The summed E-state index contributed by atoms with van der Waals surface area (Å²) in [6.07, 6.45) is 1.82. The van der Waals surface area contributed by atoms with E-state index in [1.54, 1.807) is 11.3 Å². The van der Waals surface area contributed by atoms with Crippen LogP contribution in [0.25, 0.3) is 10.2 Å². The second-order valence-electron chi connectivity index (χ2n) is 8.52. The fraction of sp³-hybridized carbons (Fsp3) is 0.417. The highest BCUT2D eigenvalue weighted by Gasteiger charge is 2.31. The first-order valence-corrected chi connectivity index (χ1v) is 12.2. The number of hydrogen-bond acceptors (Lipinski definition) is 5. The molecule has 5 nitrogen and oxygen atoms in total. The summed E-state index contributed by atoms with van der Waals surface area (Å²) in [7, 11) is 0. The molecule has 0 atom stereocenters. The molecule has 2 fully saturated rings. The van der Waals surface area contributed by atoms with Crippen molar-refractivity contribution in [2.45, 2.75) is 19.8 Å². The molecule has 0 saturated carbocycles. The highest BCUT2D eigenvalue weighted by atomic mass is 35.5. The summed E-state index contributed by atoms with van der Waals surface area (Å²) in [6.45, 7) is 7.25. The van der Waals surface area contributed by atoms with Crippen molar-refractivity contribution in [3.8, 4) is 0 Å². The number of benzene rings is 2. The molecule has 2 aliphatic heterocycles. The third-order valence-electron chi connectivity index (χ3n) is 6.43. The summed E-state index contributed by atoms with van der Waals surface area (Å²) in [5.41, 5.74) is 3.52. The molecule has 3 aromatic rings. The molecule has 2 saturated heterocycles. The van der Waals surface area contributed by atoms with Crippen molar-refractivity contribution in [2.75, 3.05) is 49.1 Å². The Balaban J connectivity index is 1.15. The fourth-order valence-electron chi connectivity index (χ4n) is 4.57. The first kappa shape index (κ1) is 20.6. The van der Waals surface area contributed by atoms with Crippen LogP contribution in [0, 0.1) is 12.8 Å². The molecule has 0 spiro atoms. The second kappa shape index (κ2) is 8.67. The van der Waals surface area contributed by atoms with Crippen molar-refractivity contribution in [2.24, 2.45) is 5.92 Å². The van der Waals surface area contributed by atoms with Crippen molar-refractivity contribution in [3.05, 3.63) is 53.1 Å². The molecule has 5 rings (SSSR count). The van der Waals surface area contributed by atoms with Crippen LogP contribution in [0.1, 0.15) is 18.4 Å². The number of hydrogen-bond donors (Lipinski definition) is 0. The molecule has 1 aromatic heterocycles. The van der Waals surface area contributed by atoms with Crippen LogP contribution in [-0.2, 0) is 4.79 Å². The number of aromatic nitrogens is 1. The normalized spacial score (nSPS) is 18.1. The Hall–Kier alpha value is -2.31. The Bertz CT molecular complexity index is 1070. The fourth-order valence-corrected chi connectivity index (χ4v) is 5.81. The number of rotatable bonds is 3. The van der Waals surface area contributed by atoms with Crippen molar-refractivity contribution in [3.63, 3.8) is 0 Å². The molecule has 0 radical (unpaired) electrons. The lowest BCUT2D eigenvalue weighted by Gasteiger charge is -2.39. The molecule has 0 unspecified atom stereocenters. The standard InChI is InChI=1S/C24H27ClN4OS/c1-17-2-7-21-22(16-17)31-24(26-21)29-10-8-18(9-11-29)23(30)28-14-12-27(13-15-28)20-5-3-19(25)4-6-20/h2-7,16,18H,8-15H2,1H3. The van der Waals surface area contributed by atoms with Gasteiger partial charge in [-0.25, -0.2) is 4.98 Å². The SMILES string of the molecule is Cc1ccc2nc(N3CCC(C(=O)N4CCN(c5ccc(Cl)cc5)CC4)CC3)sc2c1. The van der Waals surface area contributed by atoms with Crippen molar-refractivity contribution in [1.82, 2.24) is 9.88 Å². The van der Waals surface area contributed by atoms with E-state index in [2.05, 4.69) is 52.0 Å². The molecule has 162 valence electrons. The quantitative estimate of drug-likeness (QED) is 0.568. The molecule has 31 heavy (non-hydrogen) atoms. The van der Waals surface area contributed by atoms with Crippen LogP contribution in [0.3, 0.4) is 0 Å². The number of aryl methyl sites for hydroxylation is 1. The minimum absolute atomic E-state index is 0.134. The van der Waals surface area contributed by atoms with E-state index in [-0.39, 0.29) is 5.92 Å². The van der Waals surface area contributed by atoms with Gasteiger partial charge < -0.3 is 14.7 Å². The van der Waals surface area contributed by atoms with E-state index in [0.29, 0.717) is 5.91 Å². The lowest BCUT2D eigenvalue weighted by atomic mass is 9.95. The molecular formula is C24H27ClN4OS. The highest BCUT2D eigenvalue weighted by molar-refractivity contribution is 7.22. The van der Waals surface area contributed by atoms with Crippen LogP contribution < -0.4 is 9.80 Å². The van der Waals surface area contributed by atoms with Crippen LogP contribution in [0.4, 0.5) is 10.8 Å². The maximum Gasteiger partial charge on any atom is 0.225 e. The average Bonchev–Trinajstić information content (AvgIpc) is 3.22. The molecular weight excluding hydrogens is 428 g/mol. The van der Waals surface area contributed by atoms with Crippen molar-refractivity contribution < 1.29 is 4.79 Å². The van der Waals surface area contributed by atoms with Crippen molar-refractivity contribution in [1.29, 1.82) is 0 Å². The molecule has 3 heterocycles. The zero-order valence-corrected chi connectivity index (χ0v) is 19.3. The van der Waals surface area contributed by atoms with Gasteiger partial charge in [0.1, 0.15) is 0 Å². The van der Waals surface area contributed by atoms with Gasteiger partial charge in [0, 0.05) is 55.9 Å². The summed E-state index contributed by atoms with van der Waals surface area (Å²) in [6, 6.07) is 14.4. The second-order valence-corrected chi connectivity index (χ2v) is 9.96. The smallest absolute Gasteiger partial charge is 0.225 e. The van der Waals surface area contributed by atoms with Gasteiger partial charge in [-0.15, -0.1) is 0 Å². The maximum absolute atomic E-state index is 13.1. The van der Waals surface area contributed by atoms with Gasteiger partial charge in [-0.3, -0.25) is 4.79 Å². The van der Waals surface area contributed by atoms with Gasteiger partial charge in [0.15, 0.2) is 5.13 Å². The molecule has 0 bridgehead atoms. The Morgan fingerprint density at radius 3 is 2.39 bits per heavy atom. The van der Waals surface area contributed by atoms with Crippen LogP contribution in [-0.4, -0.2) is 55.1 Å². The monoisotopic (exact) mass is 454 g/mol. The van der Waals surface area contributed by atoms with Crippen LogP contribution in [0.5, 0.6) is 0 Å². The first-order chi connectivity index (χ1) is 15.1. The number of anilines is 2. The van der Waals surface area contributed by atoms with Gasteiger partial charge in [0.2, 0.25) is 5.91 Å². The third-order valence-corrected chi connectivity index (χ3v) is 7.76. The van der Waals surface area contributed by atoms with Gasteiger partial charge >= 0.3 is 0 Å². The first-order valence-electron chi connectivity index (χ1n) is 11.0. The largest absolute Gasteiger partial charge is 0.368 e. The van der Waals surface area contributed by atoms with Gasteiger partial charge in [0.25, 0.3) is 0 Å². The number of carbonyl (C=O) groups excluding carboxylic acids is 1. The molecule has 0 aliphatic carbocycles. The molecule has 1 amide bonds. The van der Waals surface area contributed by atoms with E-state index >= 15 is 0 Å². The Morgan fingerprint density at radius 2 is 1.68 bits per heavy atom. The van der Waals surface area contributed by atoms with Crippen LogP contribution in [0.15, 0.2) is 42.5 Å². The number of piperazine rings is 1. The summed E-state index contributed by atoms with van der Waals surface area (Å²) in [4.78, 5) is 24.7. The average molecular weight is 455 g/mol. The van der Waals surface area contributed by atoms with Crippen LogP contribution in [0.2, 0.25) is 5.02 Å². The maximum atomic E-state index is 13.1. The van der Waals surface area contributed by atoms with E-state index < -0.39 is 0 Å². The number of halogens is 1. The summed E-state index contributed by atoms with van der Waals surface area (Å²) >= 11 is 7.76. The molecule has 2 aromatic carbocycles.